The normalized spacial score (nSPS) is 16.4. The van der Waals surface area contributed by atoms with Gasteiger partial charge in [0.05, 0.1) is 26.1 Å². The van der Waals surface area contributed by atoms with Gasteiger partial charge in [-0.05, 0) is 18.2 Å². The SMILES string of the molecule is COc1ccc(OC2CCOCC2)c([B-](F)(F)F)c1.[K+]. The molecule has 0 saturated carbocycles. The molecule has 0 bridgehead atoms. The summed E-state index contributed by atoms with van der Waals surface area (Å²) in [5.41, 5.74) is -0.745. The smallest absolute Gasteiger partial charge is 0.497 e. The van der Waals surface area contributed by atoms with E-state index in [2.05, 4.69) is 0 Å². The predicted molar refractivity (Wildman–Crippen MR) is 66.2 cm³/mol. The van der Waals surface area contributed by atoms with E-state index in [0.717, 1.165) is 6.07 Å². The van der Waals surface area contributed by atoms with Gasteiger partial charge in [0.1, 0.15) is 11.9 Å². The number of rotatable bonds is 4. The fourth-order valence-corrected chi connectivity index (χ4v) is 1.99. The van der Waals surface area contributed by atoms with E-state index in [1.54, 1.807) is 0 Å². The zero-order chi connectivity index (χ0) is 13.9. The minimum atomic E-state index is -5.13. The molecule has 20 heavy (non-hydrogen) atoms. The van der Waals surface area contributed by atoms with Crippen LogP contribution in [0.1, 0.15) is 12.8 Å². The summed E-state index contributed by atoms with van der Waals surface area (Å²) in [6.07, 6.45) is 0.992. The average molecular weight is 314 g/mol. The molecule has 0 spiro atoms. The Hall–Kier alpha value is 0.271. The van der Waals surface area contributed by atoms with Crippen LogP contribution in [0.2, 0.25) is 0 Å². The van der Waals surface area contributed by atoms with Crippen molar-refractivity contribution in [1.29, 1.82) is 0 Å². The molecule has 0 amide bonds. The largest absolute Gasteiger partial charge is 1.00 e. The Labute approximate surface area is 158 Å². The van der Waals surface area contributed by atoms with Crippen LogP contribution >= 0.6 is 0 Å². The fraction of sp³-hybridized carbons (Fsp3) is 0.500. The number of hydrogen-bond donors (Lipinski definition) is 0. The maximum Gasteiger partial charge on any atom is 1.00 e. The number of benzene rings is 1. The van der Waals surface area contributed by atoms with Crippen LogP contribution in [0, 0.1) is 0 Å². The van der Waals surface area contributed by atoms with Crippen molar-refractivity contribution in [3.63, 3.8) is 0 Å². The molecule has 3 nitrogen and oxygen atoms in total. The molecule has 1 aliphatic heterocycles. The van der Waals surface area contributed by atoms with Gasteiger partial charge in [-0.2, -0.15) is 0 Å². The van der Waals surface area contributed by atoms with Crippen LogP contribution in [0.15, 0.2) is 18.2 Å². The van der Waals surface area contributed by atoms with E-state index in [9.17, 15) is 12.9 Å². The van der Waals surface area contributed by atoms with E-state index >= 15 is 0 Å². The van der Waals surface area contributed by atoms with Gasteiger partial charge in [0, 0.05) is 12.8 Å². The third-order valence-electron chi connectivity index (χ3n) is 3.03. The summed E-state index contributed by atoms with van der Waals surface area (Å²) in [6.45, 7) is -4.09. The standard InChI is InChI=1S/C12H15BF3O3.K/c1-17-10-2-3-12(11(8-10)13(14,15)16)19-9-4-6-18-7-5-9;/h2-3,8-9H,4-7H2,1H3;/q-1;+1. The van der Waals surface area contributed by atoms with Gasteiger partial charge in [0.25, 0.3) is 0 Å². The second kappa shape index (κ2) is 8.05. The fourth-order valence-electron chi connectivity index (χ4n) is 1.99. The van der Waals surface area contributed by atoms with Gasteiger partial charge in [0.2, 0.25) is 0 Å². The number of methoxy groups -OCH3 is 1. The van der Waals surface area contributed by atoms with Gasteiger partial charge in [-0.15, -0.1) is 0 Å². The predicted octanol–water partition coefficient (Wildman–Crippen LogP) is -0.689. The molecule has 0 N–H and O–H groups in total. The molecular weight excluding hydrogens is 299 g/mol. The topological polar surface area (TPSA) is 27.7 Å². The Kier molecular flexibility index (Phi) is 7.37. The van der Waals surface area contributed by atoms with Crippen LogP contribution in [0.25, 0.3) is 0 Å². The number of halogens is 3. The first-order valence-corrected chi connectivity index (χ1v) is 6.13. The zero-order valence-corrected chi connectivity index (χ0v) is 14.7. The van der Waals surface area contributed by atoms with Gasteiger partial charge in [-0.1, -0.05) is 5.46 Å². The maximum absolute atomic E-state index is 13.0. The van der Waals surface area contributed by atoms with Crippen LogP contribution in [-0.4, -0.2) is 33.4 Å². The van der Waals surface area contributed by atoms with Gasteiger partial charge in [-0.3, -0.25) is 0 Å². The first kappa shape index (κ1) is 18.3. The summed E-state index contributed by atoms with van der Waals surface area (Å²) in [5.74, 6) is 0.0497. The van der Waals surface area contributed by atoms with Gasteiger partial charge < -0.3 is 27.2 Å². The summed E-state index contributed by atoms with van der Waals surface area (Å²) in [5, 5.41) is 0. The van der Waals surface area contributed by atoms with Crippen molar-refractivity contribution in [3.8, 4) is 11.5 Å². The third kappa shape index (κ3) is 4.92. The summed E-state index contributed by atoms with van der Waals surface area (Å²) in [6, 6.07) is 3.77. The average Bonchev–Trinajstić information content (AvgIpc) is 2.39. The molecule has 0 unspecified atom stereocenters. The summed E-state index contributed by atoms with van der Waals surface area (Å²) in [7, 11) is 1.33. The van der Waals surface area contributed by atoms with Crippen molar-refractivity contribution in [2.45, 2.75) is 18.9 Å². The molecule has 106 valence electrons. The van der Waals surface area contributed by atoms with E-state index < -0.39 is 12.4 Å². The first-order chi connectivity index (χ1) is 9.00. The van der Waals surface area contributed by atoms with Crippen LogP contribution in [-0.2, 0) is 4.74 Å². The zero-order valence-electron chi connectivity index (χ0n) is 11.6. The van der Waals surface area contributed by atoms with Crippen LogP contribution in [0.3, 0.4) is 0 Å². The van der Waals surface area contributed by atoms with E-state index in [-0.39, 0.29) is 69.0 Å². The summed E-state index contributed by atoms with van der Waals surface area (Å²) >= 11 is 0. The molecular formula is C12H15BF3KO3. The number of hydrogen-bond acceptors (Lipinski definition) is 3. The van der Waals surface area contributed by atoms with Crippen LogP contribution < -0.4 is 66.3 Å². The Morgan fingerprint density at radius 2 is 1.85 bits per heavy atom. The summed E-state index contributed by atoms with van der Waals surface area (Å²) < 4.78 is 54.5. The summed E-state index contributed by atoms with van der Waals surface area (Å²) in [4.78, 5) is 0. The Morgan fingerprint density at radius 1 is 1.20 bits per heavy atom. The van der Waals surface area contributed by atoms with Crippen molar-refractivity contribution in [2.24, 2.45) is 0 Å². The van der Waals surface area contributed by atoms with E-state index in [4.69, 9.17) is 14.2 Å². The van der Waals surface area contributed by atoms with E-state index in [1.807, 2.05) is 0 Å². The van der Waals surface area contributed by atoms with Crippen LogP contribution in [0.5, 0.6) is 11.5 Å². The van der Waals surface area contributed by atoms with Gasteiger partial charge >= 0.3 is 58.4 Å². The van der Waals surface area contributed by atoms with Crippen molar-refractivity contribution >= 4 is 12.4 Å². The molecule has 1 aromatic carbocycles. The second-order valence-corrected chi connectivity index (χ2v) is 4.41. The van der Waals surface area contributed by atoms with Crippen molar-refractivity contribution in [1.82, 2.24) is 0 Å². The molecule has 0 aromatic heterocycles. The molecule has 0 radical (unpaired) electrons. The molecule has 0 atom stereocenters. The minimum absolute atomic E-state index is 0. The molecule has 1 fully saturated rings. The number of ether oxygens (including phenoxy) is 3. The molecule has 0 aliphatic carbocycles. The van der Waals surface area contributed by atoms with E-state index in [1.165, 1.54) is 19.2 Å². The first-order valence-electron chi connectivity index (χ1n) is 6.13. The Balaban J connectivity index is 0.00000200. The maximum atomic E-state index is 13.0. The molecule has 8 heteroatoms. The molecule has 1 aliphatic rings. The quantitative estimate of drug-likeness (QED) is 0.689. The van der Waals surface area contributed by atoms with Crippen molar-refractivity contribution < 1.29 is 78.5 Å². The monoisotopic (exact) mass is 314 g/mol. The van der Waals surface area contributed by atoms with Gasteiger partial charge in [0.15, 0.2) is 0 Å². The second-order valence-electron chi connectivity index (χ2n) is 4.41. The molecule has 1 heterocycles. The van der Waals surface area contributed by atoms with E-state index in [0.29, 0.717) is 26.1 Å². The molecule has 1 saturated heterocycles. The Bertz CT molecular complexity index is 436. The Morgan fingerprint density at radius 3 is 2.40 bits per heavy atom. The molecule has 2 rings (SSSR count). The minimum Gasteiger partial charge on any atom is -0.497 e. The van der Waals surface area contributed by atoms with Crippen molar-refractivity contribution in [2.75, 3.05) is 20.3 Å². The van der Waals surface area contributed by atoms with Gasteiger partial charge in [-0.25, -0.2) is 0 Å². The molecule has 1 aromatic rings. The third-order valence-corrected chi connectivity index (χ3v) is 3.03. The van der Waals surface area contributed by atoms with Crippen molar-refractivity contribution in [3.05, 3.63) is 18.2 Å². The van der Waals surface area contributed by atoms with Crippen LogP contribution in [0.4, 0.5) is 12.9 Å².